The van der Waals surface area contributed by atoms with Gasteiger partial charge in [0.25, 0.3) is 0 Å². The lowest BCUT2D eigenvalue weighted by molar-refractivity contribution is 0.187. The summed E-state index contributed by atoms with van der Waals surface area (Å²) in [6.45, 7) is 3.61. The average molecular weight is 549 g/mol. The van der Waals surface area contributed by atoms with E-state index < -0.39 is 6.56 Å². The highest BCUT2D eigenvalue weighted by atomic mass is 19.1. The molecule has 7 rings (SSSR count). The van der Waals surface area contributed by atoms with Gasteiger partial charge >= 0.3 is 6.01 Å². The third-order valence-electron chi connectivity index (χ3n) is 9.17. The summed E-state index contributed by atoms with van der Waals surface area (Å²) in [4.78, 5) is 16.2. The largest absolute Gasteiger partial charge is 0.508 e. The standard InChI is InChI=1S/C31H39FN6O2/c1-3-24-26(32)9-6-19-13-23(39)14-28(29(19)24)37-12-10-25-27(17-37)34-31(40-18-22-5-4-11-36(22)2)35-30(25)38-15-20-7-8-21(16-38)33-20/h6,9,13-14,20-22,33,39H,3-5,7-8,10-12,15-18H2,1-2H3/t20-,21+,22-/m0/s1/i18D2. The molecule has 0 unspecified atom stereocenters. The number of fused-ring (bicyclic) bond motifs is 4. The maximum absolute atomic E-state index is 14.9. The lowest BCUT2D eigenvalue weighted by atomic mass is 9.97. The van der Waals surface area contributed by atoms with Crippen molar-refractivity contribution in [1.29, 1.82) is 0 Å². The Kier molecular flexibility index (Phi) is 6.08. The summed E-state index contributed by atoms with van der Waals surface area (Å²) < 4.78 is 38.6. The summed E-state index contributed by atoms with van der Waals surface area (Å²) in [5.41, 5.74) is 3.25. The minimum Gasteiger partial charge on any atom is -0.508 e. The van der Waals surface area contributed by atoms with Crippen LogP contribution in [0.25, 0.3) is 10.8 Å². The third-order valence-corrected chi connectivity index (χ3v) is 9.17. The van der Waals surface area contributed by atoms with Crippen LogP contribution in [-0.2, 0) is 19.4 Å². The van der Waals surface area contributed by atoms with Gasteiger partial charge in [-0.1, -0.05) is 13.0 Å². The van der Waals surface area contributed by atoms with Gasteiger partial charge in [-0.05, 0) is 75.2 Å². The molecule has 0 spiro atoms. The van der Waals surface area contributed by atoms with Gasteiger partial charge in [0, 0.05) is 60.5 Å². The number of ether oxygens (including phenoxy) is 1. The van der Waals surface area contributed by atoms with Crippen LogP contribution in [0.3, 0.4) is 0 Å². The first-order valence-electron chi connectivity index (χ1n) is 15.7. The first kappa shape index (κ1) is 23.5. The molecule has 3 fully saturated rings. The number of phenolic OH excluding ortho intramolecular Hbond substituents is 1. The lowest BCUT2D eigenvalue weighted by Gasteiger charge is -2.37. The van der Waals surface area contributed by atoms with Crippen molar-refractivity contribution >= 4 is 22.3 Å². The molecule has 212 valence electrons. The van der Waals surface area contributed by atoms with Gasteiger partial charge < -0.3 is 29.9 Å². The molecule has 2 N–H and O–H groups in total. The summed E-state index contributed by atoms with van der Waals surface area (Å²) in [7, 11) is 1.93. The molecule has 4 aliphatic rings. The molecule has 0 saturated carbocycles. The maximum Gasteiger partial charge on any atom is 0.318 e. The summed E-state index contributed by atoms with van der Waals surface area (Å²) in [5.74, 6) is 0.723. The van der Waals surface area contributed by atoms with Crippen molar-refractivity contribution in [3.63, 3.8) is 0 Å². The Morgan fingerprint density at radius 3 is 2.70 bits per heavy atom. The lowest BCUT2D eigenvalue weighted by Crippen LogP contribution is -2.52. The Morgan fingerprint density at radius 2 is 1.95 bits per heavy atom. The summed E-state index contributed by atoms with van der Waals surface area (Å²) >= 11 is 0. The van der Waals surface area contributed by atoms with Gasteiger partial charge in [-0.25, -0.2) is 4.39 Å². The number of benzene rings is 2. The topological polar surface area (TPSA) is 77.0 Å². The van der Waals surface area contributed by atoms with Crippen LogP contribution < -0.4 is 19.9 Å². The molecule has 3 atom stereocenters. The number of phenols is 1. The van der Waals surface area contributed by atoms with Gasteiger partial charge in [0.15, 0.2) is 0 Å². The molecular formula is C31H39FN6O2. The van der Waals surface area contributed by atoms with Crippen LogP contribution in [0.15, 0.2) is 24.3 Å². The zero-order valence-corrected chi connectivity index (χ0v) is 23.3. The first-order valence-corrected chi connectivity index (χ1v) is 14.7. The number of rotatable bonds is 6. The molecule has 9 heteroatoms. The number of hydrogen-bond donors (Lipinski definition) is 2. The highest BCUT2D eigenvalue weighted by Crippen LogP contribution is 2.39. The second-order valence-corrected chi connectivity index (χ2v) is 11.8. The average Bonchev–Trinajstić information content (AvgIpc) is 3.56. The Bertz CT molecular complexity index is 1510. The predicted molar refractivity (Wildman–Crippen MR) is 155 cm³/mol. The number of nitrogens with one attached hydrogen (secondary N) is 1. The van der Waals surface area contributed by atoms with Crippen molar-refractivity contribution in [3.8, 4) is 11.8 Å². The second-order valence-electron chi connectivity index (χ2n) is 11.8. The fraction of sp³-hybridized carbons (Fsp3) is 0.548. The summed E-state index contributed by atoms with van der Waals surface area (Å²) in [5, 5.41) is 15.9. The summed E-state index contributed by atoms with van der Waals surface area (Å²) in [6, 6.07) is 7.11. The van der Waals surface area contributed by atoms with Gasteiger partial charge in [-0.15, -0.1) is 0 Å². The molecule has 3 saturated heterocycles. The van der Waals surface area contributed by atoms with Crippen molar-refractivity contribution in [1.82, 2.24) is 20.2 Å². The number of likely N-dealkylation sites (tertiary alicyclic amines) is 1. The highest BCUT2D eigenvalue weighted by Gasteiger charge is 2.35. The fourth-order valence-corrected chi connectivity index (χ4v) is 7.12. The number of likely N-dealkylation sites (N-methyl/N-ethyl adjacent to an activating group) is 1. The molecule has 2 aromatic carbocycles. The number of aromatic nitrogens is 2. The van der Waals surface area contributed by atoms with Crippen LogP contribution in [0.4, 0.5) is 15.9 Å². The predicted octanol–water partition coefficient (Wildman–Crippen LogP) is 4.01. The van der Waals surface area contributed by atoms with Crippen LogP contribution >= 0.6 is 0 Å². The SMILES string of the molecule is [2H]C([2H])(Oc1nc2c(c(N3C[C@H]4CC[C@@H](C3)N4)n1)CCN(c1cc(O)cc3ccc(F)c(CC)c13)C2)[C@@H]1CCCN1C. The molecule has 3 aromatic rings. The van der Waals surface area contributed by atoms with Crippen LogP contribution in [0, 0.1) is 5.82 Å². The molecule has 4 aliphatic heterocycles. The maximum atomic E-state index is 14.9. The van der Waals surface area contributed by atoms with Crippen molar-refractivity contribution < 1.29 is 17.0 Å². The van der Waals surface area contributed by atoms with Crippen molar-refractivity contribution in [3.05, 3.63) is 46.9 Å². The van der Waals surface area contributed by atoms with Gasteiger partial charge in [0.1, 0.15) is 23.9 Å². The van der Waals surface area contributed by atoms with Crippen molar-refractivity contribution in [2.24, 2.45) is 0 Å². The van der Waals surface area contributed by atoms with E-state index in [9.17, 15) is 9.50 Å². The number of hydrogen-bond acceptors (Lipinski definition) is 8. The summed E-state index contributed by atoms with van der Waals surface area (Å²) in [6.07, 6.45) is 5.14. The number of aryl methyl sites for hydroxylation is 1. The molecule has 40 heavy (non-hydrogen) atoms. The third kappa shape index (κ3) is 4.63. The van der Waals surface area contributed by atoms with Crippen LogP contribution in [0.1, 0.15) is 52.2 Å². The first-order chi connectivity index (χ1) is 20.2. The number of aromatic hydroxyl groups is 1. The Morgan fingerprint density at radius 1 is 1.12 bits per heavy atom. The van der Waals surface area contributed by atoms with E-state index in [0.717, 1.165) is 78.9 Å². The minimum absolute atomic E-state index is 0.0582. The zero-order valence-electron chi connectivity index (χ0n) is 25.3. The van der Waals surface area contributed by atoms with E-state index in [0.29, 0.717) is 43.6 Å². The van der Waals surface area contributed by atoms with Crippen LogP contribution in [-0.4, -0.2) is 77.9 Å². The molecular weight excluding hydrogens is 507 g/mol. The van der Waals surface area contributed by atoms with E-state index in [1.54, 1.807) is 18.2 Å². The van der Waals surface area contributed by atoms with E-state index in [2.05, 4.69) is 15.1 Å². The van der Waals surface area contributed by atoms with Gasteiger partial charge in [0.05, 0.1) is 15.0 Å². The number of anilines is 2. The normalized spacial score (nSPS) is 25.7. The molecule has 2 bridgehead atoms. The van der Waals surface area contributed by atoms with E-state index in [1.165, 1.54) is 6.07 Å². The smallest absolute Gasteiger partial charge is 0.318 e. The quantitative estimate of drug-likeness (QED) is 0.479. The van der Waals surface area contributed by atoms with Gasteiger partial charge in [-0.3, -0.25) is 0 Å². The Balaban J connectivity index is 1.29. The minimum atomic E-state index is -1.94. The van der Waals surface area contributed by atoms with E-state index >= 15 is 0 Å². The van der Waals surface area contributed by atoms with Gasteiger partial charge in [0.2, 0.25) is 0 Å². The molecule has 5 heterocycles. The van der Waals surface area contributed by atoms with Crippen molar-refractivity contribution in [2.75, 3.05) is 49.6 Å². The van der Waals surface area contributed by atoms with Crippen LogP contribution in [0.5, 0.6) is 11.8 Å². The number of halogens is 1. The monoisotopic (exact) mass is 548 g/mol. The number of nitrogens with zero attached hydrogens (tertiary/aromatic N) is 5. The molecule has 1 aromatic heterocycles. The van der Waals surface area contributed by atoms with Gasteiger partial charge in [-0.2, -0.15) is 9.97 Å². The molecule has 8 nitrogen and oxygen atoms in total. The highest BCUT2D eigenvalue weighted by molar-refractivity contribution is 5.98. The molecule has 0 aliphatic carbocycles. The van der Waals surface area contributed by atoms with Crippen molar-refractivity contribution in [2.45, 2.75) is 70.1 Å². The van der Waals surface area contributed by atoms with Crippen LogP contribution in [0.2, 0.25) is 0 Å². The van der Waals surface area contributed by atoms with E-state index in [-0.39, 0.29) is 23.6 Å². The molecule has 0 radical (unpaired) electrons. The van der Waals surface area contributed by atoms with E-state index in [1.807, 2.05) is 18.9 Å². The Labute approximate surface area is 238 Å². The Hall–Kier alpha value is -3.17. The fourth-order valence-electron chi connectivity index (χ4n) is 7.12. The second kappa shape index (κ2) is 10.3. The molecule has 0 amide bonds. The number of piperazine rings is 1. The van der Waals surface area contributed by atoms with E-state index in [4.69, 9.17) is 17.4 Å². The zero-order chi connectivity index (χ0) is 29.2.